The zero-order valence-corrected chi connectivity index (χ0v) is 15.0. The van der Waals surface area contributed by atoms with Gasteiger partial charge in [-0.15, -0.1) is 0 Å². The van der Waals surface area contributed by atoms with Crippen molar-refractivity contribution in [3.63, 3.8) is 0 Å². The topological polar surface area (TPSA) is 35.5 Å². The van der Waals surface area contributed by atoms with Crippen LogP contribution in [0.5, 0.6) is 0 Å². The monoisotopic (exact) mass is 336 g/mol. The third kappa shape index (κ3) is 3.54. The Morgan fingerprint density at radius 2 is 1.83 bits per heavy atom. The van der Waals surface area contributed by atoms with Crippen LogP contribution >= 0.6 is 12.6 Å². The van der Waals surface area contributed by atoms with E-state index in [1.54, 1.807) is 18.2 Å². The van der Waals surface area contributed by atoms with E-state index in [4.69, 9.17) is 9.31 Å². The Hall–Kier alpha value is -1.11. The van der Waals surface area contributed by atoms with Gasteiger partial charge in [-0.1, -0.05) is 18.2 Å². The van der Waals surface area contributed by atoms with E-state index in [9.17, 15) is 9.18 Å². The predicted molar refractivity (Wildman–Crippen MR) is 94.3 cm³/mol. The summed E-state index contributed by atoms with van der Waals surface area (Å²) < 4.78 is 26.4. The van der Waals surface area contributed by atoms with Gasteiger partial charge in [-0.05, 0) is 46.2 Å². The van der Waals surface area contributed by atoms with Crippen molar-refractivity contribution in [2.24, 2.45) is 0 Å². The number of halogens is 1. The highest BCUT2D eigenvalue weighted by molar-refractivity contribution is 7.80. The van der Waals surface area contributed by atoms with Crippen molar-refractivity contribution in [1.29, 1.82) is 0 Å². The summed E-state index contributed by atoms with van der Waals surface area (Å²) in [7, 11) is -0.585. The second-order valence-corrected chi connectivity index (χ2v) is 7.05. The molecule has 0 amide bonds. The summed E-state index contributed by atoms with van der Waals surface area (Å²) in [5.74, 6) is -0.475. The molecule has 1 aromatic rings. The van der Waals surface area contributed by atoms with Crippen LogP contribution in [0.4, 0.5) is 4.39 Å². The Morgan fingerprint density at radius 3 is 2.30 bits per heavy atom. The van der Waals surface area contributed by atoms with Crippen LogP contribution in [0.25, 0.3) is 6.08 Å². The van der Waals surface area contributed by atoms with Gasteiger partial charge in [0.25, 0.3) is 0 Å². The van der Waals surface area contributed by atoms with E-state index in [2.05, 4.69) is 12.6 Å². The number of ketones is 1. The highest BCUT2D eigenvalue weighted by Crippen LogP contribution is 2.39. The smallest absolute Gasteiger partial charge is 0.400 e. The van der Waals surface area contributed by atoms with E-state index in [0.717, 1.165) is 0 Å². The minimum absolute atomic E-state index is 0.0752. The van der Waals surface area contributed by atoms with Crippen molar-refractivity contribution < 1.29 is 18.5 Å². The van der Waals surface area contributed by atoms with E-state index in [-0.39, 0.29) is 11.3 Å². The second-order valence-electron chi connectivity index (χ2n) is 6.73. The first kappa shape index (κ1) is 18.2. The molecule has 3 nitrogen and oxygen atoms in total. The van der Waals surface area contributed by atoms with Crippen molar-refractivity contribution >= 4 is 31.6 Å². The molecule has 1 aliphatic heterocycles. The minimum atomic E-state index is -0.585. The molecule has 0 spiro atoms. The van der Waals surface area contributed by atoms with Crippen LogP contribution in [0.15, 0.2) is 23.7 Å². The van der Waals surface area contributed by atoms with Crippen LogP contribution in [-0.2, 0) is 9.31 Å². The molecule has 1 heterocycles. The first-order valence-electron chi connectivity index (χ1n) is 7.55. The SMILES string of the molecule is CC(=O)c1cccc(C=C(CS)B2OC(C)(C)C(C)(C)O2)c1F. The van der Waals surface area contributed by atoms with E-state index in [1.165, 1.54) is 13.0 Å². The summed E-state index contributed by atoms with van der Waals surface area (Å²) in [5.41, 5.74) is 0.174. The fraction of sp³-hybridized carbons (Fsp3) is 0.471. The number of carbonyl (C=O) groups excluding carboxylic acids is 1. The summed E-state index contributed by atoms with van der Waals surface area (Å²) in [5, 5.41) is 0. The van der Waals surface area contributed by atoms with Gasteiger partial charge in [-0.3, -0.25) is 4.79 Å². The molecule has 0 saturated carbocycles. The lowest BCUT2D eigenvalue weighted by Gasteiger charge is -2.32. The van der Waals surface area contributed by atoms with Gasteiger partial charge in [-0.25, -0.2) is 4.39 Å². The lowest BCUT2D eigenvalue weighted by Crippen LogP contribution is -2.41. The molecule has 0 atom stereocenters. The average molecular weight is 336 g/mol. The van der Waals surface area contributed by atoms with Gasteiger partial charge in [0.15, 0.2) is 5.78 Å². The van der Waals surface area contributed by atoms with E-state index < -0.39 is 24.1 Å². The lowest BCUT2D eigenvalue weighted by atomic mass is 9.78. The molecule has 0 radical (unpaired) electrons. The normalized spacial score (nSPS) is 20.0. The fourth-order valence-electron chi connectivity index (χ4n) is 2.32. The van der Waals surface area contributed by atoms with Crippen LogP contribution in [-0.4, -0.2) is 29.9 Å². The fourth-order valence-corrected chi connectivity index (χ4v) is 2.56. The van der Waals surface area contributed by atoms with Crippen LogP contribution in [0.3, 0.4) is 0 Å². The highest BCUT2D eigenvalue weighted by Gasteiger charge is 2.52. The number of Topliss-reactive ketones (excluding diaryl/α,β-unsaturated/α-hetero) is 1. The van der Waals surface area contributed by atoms with Crippen molar-refractivity contribution in [1.82, 2.24) is 0 Å². The molecular formula is C17H22BFO3S. The van der Waals surface area contributed by atoms with Crippen LogP contribution in [0.1, 0.15) is 50.5 Å². The summed E-state index contributed by atoms with van der Waals surface area (Å²) in [6.45, 7) is 9.18. The molecule has 2 rings (SSSR count). The Bertz CT molecular complexity index is 639. The molecule has 0 aromatic heterocycles. The van der Waals surface area contributed by atoms with Crippen LogP contribution in [0.2, 0.25) is 0 Å². The molecule has 23 heavy (non-hydrogen) atoms. The van der Waals surface area contributed by atoms with Gasteiger partial charge < -0.3 is 9.31 Å². The van der Waals surface area contributed by atoms with Crippen LogP contribution in [0, 0.1) is 5.82 Å². The summed E-state index contributed by atoms with van der Waals surface area (Å²) in [6, 6.07) is 4.76. The van der Waals surface area contributed by atoms with Gasteiger partial charge in [0, 0.05) is 11.3 Å². The van der Waals surface area contributed by atoms with Gasteiger partial charge >= 0.3 is 7.12 Å². The third-order valence-electron chi connectivity index (χ3n) is 4.49. The average Bonchev–Trinajstić information content (AvgIpc) is 2.65. The first-order chi connectivity index (χ1) is 10.6. The van der Waals surface area contributed by atoms with E-state index in [0.29, 0.717) is 16.8 Å². The van der Waals surface area contributed by atoms with Gasteiger partial charge in [0.05, 0.1) is 16.8 Å². The van der Waals surface area contributed by atoms with Crippen molar-refractivity contribution in [2.75, 3.05) is 5.75 Å². The summed E-state index contributed by atoms with van der Waals surface area (Å²) >= 11 is 4.32. The zero-order chi connectivity index (χ0) is 17.4. The number of rotatable bonds is 4. The van der Waals surface area contributed by atoms with Crippen LogP contribution < -0.4 is 0 Å². The molecule has 1 aliphatic rings. The van der Waals surface area contributed by atoms with Gasteiger partial charge in [-0.2, -0.15) is 12.6 Å². The molecule has 1 aromatic carbocycles. The molecule has 1 saturated heterocycles. The van der Waals surface area contributed by atoms with E-state index >= 15 is 0 Å². The maximum absolute atomic E-state index is 14.4. The molecular weight excluding hydrogens is 314 g/mol. The zero-order valence-electron chi connectivity index (χ0n) is 14.1. The molecule has 0 N–H and O–H groups in total. The minimum Gasteiger partial charge on any atom is -0.400 e. The van der Waals surface area contributed by atoms with Gasteiger partial charge in [0.2, 0.25) is 0 Å². The molecule has 0 unspecified atom stereocenters. The number of benzene rings is 1. The van der Waals surface area contributed by atoms with Crippen molar-refractivity contribution in [3.8, 4) is 0 Å². The van der Waals surface area contributed by atoms with Gasteiger partial charge in [0.1, 0.15) is 5.82 Å². The maximum Gasteiger partial charge on any atom is 0.491 e. The Kier molecular flexibility index (Phi) is 5.09. The highest BCUT2D eigenvalue weighted by atomic mass is 32.1. The molecule has 0 aliphatic carbocycles. The molecule has 1 fully saturated rings. The number of carbonyl (C=O) groups is 1. The van der Waals surface area contributed by atoms with E-state index in [1.807, 2.05) is 27.7 Å². The Morgan fingerprint density at radius 1 is 1.26 bits per heavy atom. The number of thiol groups is 1. The number of hydrogen-bond acceptors (Lipinski definition) is 4. The maximum atomic E-state index is 14.4. The summed E-state index contributed by atoms with van der Waals surface area (Å²) in [6.07, 6.45) is 1.65. The summed E-state index contributed by atoms with van der Waals surface area (Å²) in [4.78, 5) is 11.5. The third-order valence-corrected chi connectivity index (χ3v) is 4.85. The molecule has 124 valence electrons. The largest absolute Gasteiger partial charge is 0.491 e. The van der Waals surface area contributed by atoms with Crippen molar-refractivity contribution in [2.45, 2.75) is 45.8 Å². The molecule has 0 bridgehead atoms. The first-order valence-corrected chi connectivity index (χ1v) is 8.19. The Balaban J connectivity index is 2.38. The lowest BCUT2D eigenvalue weighted by molar-refractivity contribution is 0.00578. The standard InChI is InChI=1S/C17H22BFO3S/c1-11(20)14-8-6-7-12(15(14)19)9-13(10-23)18-21-16(2,3)17(4,5)22-18/h6-9,23H,10H2,1-5H3. The molecule has 6 heteroatoms. The van der Waals surface area contributed by atoms with Crippen molar-refractivity contribution in [3.05, 3.63) is 40.6 Å². The quantitative estimate of drug-likeness (QED) is 0.513. The predicted octanol–water partition coefficient (Wildman–Crippen LogP) is 3.97. The number of hydrogen-bond donors (Lipinski definition) is 1. The second kappa shape index (κ2) is 6.42. The Labute approximate surface area is 142 Å².